The van der Waals surface area contributed by atoms with Crippen molar-refractivity contribution in [2.75, 3.05) is 0 Å². The molecule has 0 spiro atoms. The third-order valence-electron chi connectivity index (χ3n) is 4.88. The highest BCUT2D eigenvalue weighted by Crippen LogP contribution is 2.46. The molecule has 1 fully saturated rings. The minimum Gasteiger partial charge on any atom is -0.327 e. The Morgan fingerprint density at radius 3 is 2.40 bits per heavy atom. The van der Waals surface area contributed by atoms with Crippen molar-refractivity contribution in [3.63, 3.8) is 0 Å². The Morgan fingerprint density at radius 1 is 1.35 bits per heavy atom. The van der Waals surface area contributed by atoms with Crippen LogP contribution in [-0.4, -0.2) is 15.8 Å². The molecule has 1 aliphatic rings. The SMILES string of the molecule is Cc1nn(C)c(CC(N)C2(CC(C)C)CCCC2)c1Cl. The Bertz CT molecular complexity index is 459. The van der Waals surface area contributed by atoms with Crippen LogP contribution in [0.2, 0.25) is 5.02 Å². The van der Waals surface area contributed by atoms with Crippen molar-refractivity contribution in [1.82, 2.24) is 9.78 Å². The van der Waals surface area contributed by atoms with Crippen molar-refractivity contribution in [2.45, 2.75) is 65.3 Å². The van der Waals surface area contributed by atoms with Crippen LogP contribution in [0.25, 0.3) is 0 Å². The molecule has 2 rings (SSSR count). The van der Waals surface area contributed by atoms with E-state index in [2.05, 4.69) is 18.9 Å². The number of aromatic nitrogens is 2. The molecule has 1 aromatic heterocycles. The zero-order valence-electron chi connectivity index (χ0n) is 13.2. The lowest BCUT2D eigenvalue weighted by Crippen LogP contribution is -2.42. The van der Waals surface area contributed by atoms with Gasteiger partial charge in [0.15, 0.2) is 0 Å². The van der Waals surface area contributed by atoms with E-state index in [0.717, 1.165) is 22.8 Å². The Morgan fingerprint density at radius 2 is 1.95 bits per heavy atom. The molecule has 1 unspecified atom stereocenters. The number of halogens is 1. The van der Waals surface area contributed by atoms with Crippen LogP contribution in [0.4, 0.5) is 0 Å². The fourth-order valence-electron chi connectivity index (χ4n) is 3.95. The summed E-state index contributed by atoms with van der Waals surface area (Å²) in [5, 5.41) is 5.20. The maximum Gasteiger partial charge on any atom is 0.0847 e. The van der Waals surface area contributed by atoms with Gasteiger partial charge in [0.05, 0.1) is 16.4 Å². The highest BCUT2D eigenvalue weighted by atomic mass is 35.5. The first-order valence-electron chi connectivity index (χ1n) is 7.79. The van der Waals surface area contributed by atoms with E-state index < -0.39 is 0 Å². The van der Waals surface area contributed by atoms with Crippen LogP contribution < -0.4 is 5.73 Å². The fourth-order valence-corrected chi connectivity index (χ4v) is 4.18. The van der Waals surface area contributed by atoms with Gasteiger partial charge in [0, 0.05) is 19.5 Å². The van der Waals surface area contributed by atoms with Gasteiger partial charge in [0.25, 0.3) is 0 Å². The normalized spacial score (nSPS) is 19.8. The minimum atomic E-state index is 0.180. The van der Waals surface area contributed by atoms with Gasteiger partial charge in [-0.2, -0.15) is 5.10 Å². The maximum absolute atomic E-state index is 6.64. The highest BCUT2D eigenvalue weighted by Gasteiger charge is 2.40. The molecule has 0 saturated heterocycles. The first-order valence-corrected chi connectivity index (χ1v) is 8.17. The predicted molar refractivity (Wildman–Crippen MR) is 85.0 cm³/mol. The van der Waals surface area contributed by atoms with Crippen LogP contribution in [0, 0.1) is 18.3 Å². The molecule has 1 saturated carbocycles. The summed E-state index contributed by atoms with van der Waals surface area (Å²) in [4.78, 5) is 0. The molecular formula is C16H28ClN3. The monoisotopic (exact) mass is 297 g/mol. The summed E-state index contributed by atoms with van der Waals surface area (Å²) < 4.78 is 1.90. The lowest BCUT2D eigenvalue weighted by molar-refractivity contribution is 0.180. The fraction of sp³-hybridized carbons (Fsp3) is 0.812. The lowest BCUT2D eigenvalue weighted by atomic mass is 9.71. The molecule has 4 heteroatoms. The van der Waals surface area contributed by atoms with Crippen LogP contribution >= 0.6 is 11.6 Å². The summed E-state index contributed by atoms with van der Waals surface area (Å²) in [7, 11) is 1.96. The first kappa shape index (κ1) is 15.8. The molecular weight excluding hydrogens is 270 g/mol. The van der Waals surface area contributed by atoms with Crippen molar-refractivity contribution in [2.24, 2.45) is 24.1 Å². The van der Waals surface area contributed by atoms with E-state index in [1.54, 1.807) is 0 Å². The molecule has 0 bridgehead atoms. The van der Waals surface area contributed by atoms with Crippen LogP contribution in [0.3, 0.4) is 0 Å². The quantitative estimate of drug-likeness (QED) is 0.897. The van der Waals surface area contributed by atoms with Gasteiger partial charge in [-0.1, -0.05) is 38.3 Å². The molecule has 3 nitrogen and oxygen atoms in total. The van der Waals surface area contributed by atoms with Gasteiger partial charge in [-0.3, -0.25) is 4.68 Å². The summed E-state index contributed by atoms with van der Waals surface area (Å²) >= 11 is 6.38. The van der Waals surface area contributed by atoms with Crippen LogP contribution in [0.15, 0.2) is 0 Å². The third kappa shape index (κ3) is 3.04. The smallest absolute Gasteiger partial charge is 0.0847 e. The van der Waals surface area contributed by atoms with E-state index in [1.165, 1.54) is 32.1 Å². The number of nitrogens with two attached hydrogens (primary N) is 1. The molecule has 0 aliphatic heterocycles. The summed E-state index contributed by atoms with van der Waals surface area (Å²) in [6.07, 6.45) is 7.23. The number of hydrogen-bond acceptors (Lipinski definition) is 2. The largest absolute Gasteiger partial charge is 0.327 e. The van der Waals surface area contributed by atoms with Gasteiger partial charge in [0.1, 0.15) is 0 Å². The molecule has 1 aromatic rings. The van der Waals surface area contributed by atoms with Crippen LogP contribution in [0.1, 0.15) is 57.3 Å². The molecule has 20 heavy (non-hydrogen) atoms. The van der Waals surface area contributed by atoms with Gasteiger partial charge < -0.3 is 5.73 Å². The second kappa shape index (κ2) is 6.07. The van der Waals surface area contributed by atoms with Gasteiger partial charge in [-0.25, -0.2) is 0 Å². The van der Waals surface area contributed by atoms with Gasteiger partial charge in [-0.05, 0) is 37.5 Å². The van der Waals surface area contributed by atoms with E-state index in [4.69, 9.17) is 17.3 Å². The summed E-state index contributed by atoms with van der Waals surface area (Å²) in [5.41, 5.74) is 8.94. The van der Waals surface area contributed by atoms with E-state index in [-0.39, 0.29) is 6.04 Å². The first-order chi connectivity index (χ1) is 9.35. The molecule has 1 aliphatic carbocycles. The molecule has 0 amide bonds. The highest BCUT2D eigenvalue weighted by molar-refractivity contribution is 6.31. The summed E-state index contributed by atoms with van der Waals surface area (Å²) in [6, 6.07) is 0.180. The second-order valence-corrected chi connectivity index (χ2v) is 7.33. The third-order valence-corrected chi connectivity index (χ3v) is 5.37. The van der Waals surface area contributed by atoms with Gasteiger partial charge >= 0.3 is 0 Å². The minimum absolute atomic E-state index is 0.180. The van der Waals surface area contributed by atoms with E-state index in [1.807, 2.05) is 18.7 Å². The average molecular weight is 298 g/mol. The Hall–Kier alpha value is -0.540. The molecule has 0 aromatic carbocycles. The van der Waals surface area contributed by atoms with Crippen LogP contribution in [-0.2, 0) is 13.5 Å². The summed E-state index contributed by atoms with van der Waals surface area (Å²) in [5.74, 6) is 0.697. The Balaban J connectivity index is 2.18. The number of nitrogens with zero attached hydrogens (tertiary/aromatic N) is 2. The molecule has 114 valence electrons. The topological polar surface area (TPSA) is 43.8 Å². The predicted octanol–water partition coefficient (Wildman–Crippen LogP) is 3.86. The van der Waals surface area contributed by atoms with E-state index in [0.29, 0.717) is 11.3 Å². The molecule has 2 N–H and O–H groups in total. The van der Waals surface area contributed by atoms with Crippen molar-refractivity contribution < 1.29 is 0 Å². The summed E-state index contributed by atoms with van der Waals surface area (Å²) in [6.45, 7) is 6.55. The second-order valence-electron chi connectivity index (χ2n) is 6.95. The zero-order valence-corrected chi connectivity index (χ0v) is 14.0. The molecule has 1 heterocycles. The Kier molecular flexibility index (Phi) is 4.80. The lowest BCUT2D eigenvalue weighted by Gasteiger charge is -2.37. The Labute approximate surface area is 127 Å². The number of hydrogen-bond donors (Lipinski definition) is 1. The van der Waals surface area contributed by atoms with E-state index >= 15 is 0 Å². The van der Waals surface area contributed by atoms with E-state index in [9.17, 15) is 0 Å². The average Bonchev–Trinajstić information content (AvgIpc) is 2.90. The standard InChI is InChI=1S/C16H28ClN3/c1-11(2)10-16(7-5-6-8-16)14(18)9-13-15(17)12(3)19-20(13)4/h11,14H,5-10,18H2,1-4H3. The zero-order chi connectivity index (χ0) is 14.9. The van der Waals surface area contributed by atoms with Crippen LogP contribution in [0.5, 0.6) is 0 Å². The van der Waals surface area contributed by atoms with Crippen molar-refractivity contribution in [3.05, 3.63) is 16.4 Å². The van der Waals surface area contributed by atoms with Crippen molar-refractivity contribution >= 4 is 11.6 Å². The number of rotatable bonds is 5. The molecule has 1 atom stereocenters. The van der Waals surface area contributed by atoms with Crippen molar-refractivity contribution in [3.8, 4) is 0 Å². The van der Waals surface area contributed by atoms with Crippen molar-refractivity contribution in [1.29, 1.82) is 0 Å². The van der Waals surface area contributed by atoms with Gasteiger partial charge in [0.2, 0.25) is 0 Å². The number of aryl methyl sites for hydroxylation is 2. The molecule has 0 radical (unpaired) electrons. The van der Waals surface area contributed by atoms with Gasteiger partial charge in [-0.15, -0.1) is 0 Å². The maximum atomic E-state index is 6.64.